The summed E-state index contributed by atoms with van der Waals surface area (Å²) in [5.41, 5.74) is 6.45. The number of H-pyrrole nitrogens is 1. The van der Waals surface area contributed by atoms with Crippen LogP contribution in [0.2, 0.25) is 0 Å². The first-order valence-electron chi connectivity index (χ1n) is 3.11. The summed E-state index contributed by atoms with van der Waals surface area (Å²) in [6.45, 7) is 1.91. The highest BCUT2D eigenvalue weighted by atomic mass is 32.1. The third-order valence-electron chi connectivity index (χ3n) is 1.11. The van der Waals surface area contributed by atoms with Crippen LogP contribution in [0.4, 0.5) is 0 Å². The SMILES string of the molecule is CC(N)Cc1csc(=O)[nH]1. The molecule has 0 saturated heterocycles. The molecule has 1 rings (SSSR count). The van der Waals surface area contributed by atoms with Gasteiger partial charge in [0.1, 0.15) is 0 Å². The minimum atomic E-state index is -0.00403. The van der Waals surface area contributed by atoms with Crippen LogP contribution in [-0.4, -0.2) is 11.0 Å². The Labute approximate surface area is 62.9 Å². The average molecular weight is 158 g/mol. The van der Waals surface area contributed by atoms with Crippen molar-refractivity contribution in [3.8, 4) is 0 Å². The van der Waals surface area contributed by atoms with Crippen LogP contribution in [0.25, 0.3) is 0 Å². The number of hydrogen-bond acceptors (Lipinski definition) is 3. The molecule has 3 nitrogen and oxygen atoms in total. The van der Waals surface area contributed by atoms with Crippen LogP contribution in [0.15, 0.2) is 10.2 Å². The van der Waals surface area contributed by atoms with Crippen LogP contribution < -0.4 is 10.6 Å². The van der Waals surface area contributed by atoms with Gasteiger partial charge >= 0.3 is 4.87 Å². The summed E-state index contributed by atoms with van der Waals surface area (Å²) < 4.78 is 0. The zero-order chi connectivity index (χ0) is 7.56. The van der Waals surface area contributed by atoms with E-state index in [9.17, 15) is 4.79 Å². The Balaban J connectivity index is 2.67. The van der Waals surface area contributed by atoms with Gasteiger partial charge in [-0.05, 0) is 6.92 Å². The fourth-order valence-electron chi connectivity index (χ4n) is 0.761. The zero-order valence-electron chi connectivity index (χ0n) is 5.76. The zero-order valence-corrected chi connectivity index (χ0v) is 6.57. The number of aromatic amines is 1. The van der Waals surface area contributed by atoms with Crippen molar-refractivity contribution in [2.75, 3.05) is 0 Å². The molecular weight excluding hydrogens is 148 g/mol. The summed E-state index contributed by atoms with van der Waals surface area (Å²) >= 11 is 1.18. The van der Waals surface area contributed by atoms with Gasteiger partial charge in [0.2, 0.25) is 0 Å². The number of rotatable bonds is 2. The smallest absolute Gasteiger partial charge is 0.304 e. The van der Waals surface area contributed by atoms with Gasteiger partial charge in [0, 0.05) is 23.5 Å². The first kappa shape index (κ1) is 7.50. The van der Waals surface area contributed by atoms with Gasteiger partial charge in [-0.2, -0.15) is 0 Å². The maximum absolute atomic E-state index is 10.6. The van der Waals surface area contributed by atoms with Crippen molar-refractivity contribution in [2.45, 2.75) is 19.4 Å². The van der Waals surface area contributed by atoms with E-state index in [-0.39, 0.29) is 10.9 Å². The highest BCUT2D eigenvalue weighted by Crippen LogP contribution is 1.97. The van der Waals surface area contributed by atoms with Gasteiger partial charge in [-0.15, -0.1) is 0 Å². The van der Waals surface area contributed by atoms with Crippen LogP contribution in [0.5, 0.6) is 0 Å². The molecule has 56 valence electrons. The molecular formula is C6H10N2OS. The normalized spacial score (nSPS) is 13.4. The van der Waals surface area contributed by atoms with Crippen LogP contribution in [0, 0.1) is 0 Å². The van der Waals surface area contributed by atoms with Crippen molar-refractivity contribution >= 4 is 11.3 Å². The summed E-state index contributed by atoms with van der Waals surface area (Å²) in [6, 6.07) is 0.116. The Morgan fingerprint density at radius 3 is 3.00 bits per heavy atom. The lowest BCUT2D eigenvalue weighted by Gasteiger charge is -1.99. The molecule has 0 amide bonds. The number of hydrogen-bond donors (Lipinski definition) is 2. The van der Waals surface area contributed by atoms with E-state index >= 15 is 0 Å². The molecule has 3 N–H and O–H groups in total. The van der Waals surface area contributed by atoms with E-state index in [0.717, 1.165) is 12.1 Å². The Morgan fingerprint density at radius 1 is 1.90 bits per heavy atom. The quantitative estimate of drug-likeness (QED) is 0.651. The average Bonchev–Trinajstić information content (AvgIpc) is 2.13. The molecule has 1 unspecified atom stereocenters. The molecule has 0 saturated carbocycles. The predicted molar refractivity (Wildman–Crippen MR) is 42.3 cm³/mol. The fraction of sp³-hybridized carbons (Fsp3) is 0.500. The van der Waals surface area contributed by atoms with Gasteiger partial charge in [-0.3, -0.25) is 4.79 Å². The Hall–Kier alpha value is -0.610. The Morgan fingerprint density at radius 2 is 2.60 bits per heavy atom. The maximum Gasteiger partial charge on any atom is 0.304 e. The number of nitrogens with one attached hydrogen (secondary N) is 1. The van der Waals surface area contributed by atoms with Crippen molar-refractivity contribution in [3.05, 3.63) is 20.7 Å². The Kier molecular flexibility index (Phi) is 2.24. The van der Waals surface area contributed by atoms with Crippen LogP contribution in [0.1, 0.15) is 12.6 Å². The second-order valence-corrected chi connectivity index (χ2v) is 3.20. The van der Waals surface area contributed by atoms with E-state index in [2.05, 4.69) is 4.98 Å². The van der Waals surface area contributed by atoms with Gasteiger partial charge in [-0.1, -0.05) is 11.3 Å². The van der Waals surface area contributed by atoms with E-state index in [1.54, 1.807) is 0 Å². The molecule has 1 aromatic heterocycles. The highest BCUT2D eigenvalue weighted by molar-refractivity contribution is 7.07. The van der Waals surface area contributed by atoms with Crippen molar-refractivity contribution in [3.63, 3.8) is 0 Å². The summed E-state index contributed by atoms with van der Waals surface area (Å²) in [5, 5.41) is 1.81. The standard InChI is InChI=1S/C6H10N2OS/c1-4(7)2-5-3-10-6(9)8-5/h3-4H,2,7H2,1H3,(H,8,9). The van der Waals surface area contributed by atoms with E-state index in [1.807, 2.05) is 12.3 Å². The van der Waals surface area contributed by atoms with Crippen molar-refractivity contribution < 1.29 is 0 Å². The monoisotopic (exact) mass is 158 g/mol. The van der Waals surface area contributed by atoms with E-state index < -0.39 is 0 Å². The van der Waals surface area contributed by atoms with E-state index in [4.69, 9.17) is 5.73 Å². The van der Waals surface area contributed by atoms with Gasteiger partial charge in [0.05, 0.1) is 0 Å². The third-order valence-corrected chi connectivity index (χ3v) is 1.83. The van der Waals surface area contributed by atoms with Crippen LogP contribution in [0.3, 0.4) is 0 Å². The maximum atomic E-state index is 10.6. The molecule has 0 fully saturated rings. The molecule has 0 aromatic carbocycles. The molecule has 0 bridgehead atoms. The molecule has 0 radical (unpaired) electrons. The molecule has 4 heteroatoms. The first-order chi connectivity index (χ1) is 4.68. The van der Waals surface area contributed by atoms with Gasteiger partial charge < -0.3 is 10.7 Å². The van der Waals surface area contributed by atoms with Crippen LogP contribution in [-0.2, 0) is 6.42 Å². The molecule has 1 atom stereocenters. The largest absolute Gasteiger partial charge is 0.328 e. The summed E-state index contributed by atoms with van der Waals surface area (Å²) in [4.78, 5) is 13.3. The molecule has 0 aliphatic carbocycles. The van der Waals surface area contributed by atoms with Gasteiger partial charge in [0.15, 0.2) is 0 Å². The third kappa shape index (κ3) is 1.97. The lowest BCUT2D eigenvalue weighted by molar-refractivity contribution is 0.724. The van der Waals surface area contributed by atoms with E-state index in [0.29, 0.717) is 0 Å². The lowest BCUT2D eigenvalue weighted by Crippen LogP contribution is -2.18. The molecule has 0 aliphatic rings. The highest BCUT2D eigenvalue weighted by Gasteiger charge is 1.98. The number of nitrogens with two attached hydrogens (primary N) is 1. The summed E-state index contributed by atoms with van der Waals surface area (Å²) in [7, 11) is 0. The Bertz CT molecular complexity index is 250. The molecule has 1 heterocycles. The molecule has 0 aliphatic heterocycles. The summed E-state index contributed by atoms with van der Waals surface area (Å²) in [5.74, 6) is 0. The van der Waals surface area contributed by atoms with Crippen molar-refractivity contribution in [2.24, 2.45) is 5.73 Å². The fourth-order valence-corrected chi connectivity index (χ4v) is 1.36. The molecule has 10 heavy (non-hydrogen) atoms. The second-order valence-electron chi connectivity index (χ2n) is 2.35. The minimum absolute atomic E-state index is 0.00403. The van der Waals surface area contributed by atoms with Gasteiger partial charge in [-0.25, -0.2) is 0 Å². The molecule has 0 spiro atoms. The van der Waals surface area contributed by atoms with Gasteiger partial charge in [0.25, 0.3) is 0 Å². The number of thiazole rings is 1. The molecule has 1 aromatic rings. The topological polar surface area (TPSA) is 58.9 Å². The second kappa shape index (κ2) is 2.98. The van der Waals surface area contributed by atoms with Crippen LogP contribution >= 0.6 is 11.3 Å². The minimum Gasteiger partial charge on any atom is -0.328 e. The van der Waals surface area contributed by atoms with E-state index in [1.165, 1.54) is 11.3 Å². The lowest BCUT2D eigenvalue weighted by atomic mass is 10.2. The van der Waals surface area contributed by atoms with Crippen molar-refractivity contribution in [1.29, 1.82) is 0 Å². The summed E-state index contributed by atoms with van der Waals surface area (Å²) in [6.07, 6.45) is 0.749. The predicted octanol–water partition coefficient (Wildman–Crippen LogP) is 0.326. The first-order valence-corrected chi connectivity index (χ1v) is 3.98. The number of aromatic nitrogens is 1. The van der Waals surface area contributed by atoms with Crippen molar-refractivity contribution in [1.82, 2.24) is 4.98 Å².